The standard InChI is InChI=1S/C19H32N4O2/c1-15-13-20-18(23(15)10-11-25-2)12-16-8-9-22(14-16)19(24)21-17-6-4-3-5-7-17/h13,16-17H,3-12,14H2,1-2H3,(H,21,24). The fourth-order valence-electron chi connectivity index (χ4n) is 4.12. The molecular weight excluding hydrogens is 316 g/mol. The van der Waals surface area contributed by atoms with Crippen LogP contribution < -0.4 is 5.32 Å². The minimum Gasteiger partial charge on any atom is -0.383 e. The summed E-state index contributed by atoms with van der Waals surface area (Å²) < 4.78 is 7.45. The third-order valence-electron chi connectivity index (χ3n) is 5.63. The first kappa shape index (κ1) is 18.2. The third kappa shape index (κ3) is 4.75. The van der Waals surface area contributed by atoms with Crippen molar-refractivity contribution in [2.75, 3.05) is 26.8 Å². The Bertz CT molecular complexity index is 566. The predicted molar refractivity (Wildman–Crippen MR) is 97.6 cm³/mol. The van der Waals surface area contributed by atoms with Crippen LogP contribution in [-0.4, -0.2) is 53.3 Å². The van der Waals surface area contributed by atoms with E-state index in [0.717, 1.165) is 51.1 Å². The maximum Gasteiger partial charge on any atom is 0.317 e. The van der Waals surface area contributed by atoms with Gasteiger partial charge in [-0.2, -0.15) is 0 Å². The molecule has 1 aromatic rings. The van der Waals surface area contributed by atoms with Gasteiger partial charge in [-0.3, -0.25) is 0 Å². The molecule has 25 heavy (non-hydrogen) atoms. The largest absolute Gasteiger partial charge is 0.383 e. The molecule has 1 saturated carbocycles. The van der Waals surface area contributed by atoms with E-state index < -0.39 is 0 Å². The van der Waals surface area contributed by atoms with Crippen LogP contribution in [0.5, 0.6) is 0 Å². The smallest absolute Gasteiger partial charge is 0.317 e. The number of imidazole rings is 1. The number of likely N-dealkylation sites (tertiary alicyclic amines) is 1. The molecule has 1 atom stereocenters. The molecule has 1 aliphatic heterocycles. The molecule has 1 aromatic heterocycles. The highest BCUT2D eigenvalue weighted by Gasteiger charge is 2.29. The van der Waals surface area contributed by atoms with E-state index in [1.807, 2.05) is 11.1 Å². The second-order valence-electron chi connectivity index (χ2n) is 7.55. The second kappa shape index (κ2) is 8.70. The van der Waals surface area contributed by atoms with Gasteiger partial charge in [0.05, 0.1) is 6.61 Å². The normalized spacial score (nSPS) is 21.7. The van der Waals surface area contributed by atoms with Crippen LogP contribution in [0.2, 0.25) is 0 Å². The van der Waals surface area contributed by atoms with Crippen LogP contribution in [-0.2, 0) is 17.7 Å². The molecule has 1 unspecified atom stereocenters. The summed E-state index contributed by atoms with van der Waals surface area (Å²) in [4.78, 5) is 19.1. The van der Waals surface area contributed by atoms with Gasteiger partial charge in [-0.25, -0.2) is 9.78 Å². The molecule has 6 nitrogen and oxygen atoms in total. The van der Waals surface area contributed by atoms with E-state index in [2.05, 4.69) is 21.8 Å². The highest BCUT2D eigenvalue weighted by atomic mass is 16.5. The SMILES string of the molecule is COCCn1c(C)cnc1CC1CCN(C(=O)NC2CCCCC2)C1. The quantitative estimate of drug-likeness (QED) is 0.860. The number of nitrogens with zero attached hydrogens (tertiary/aromatic N) is 3. The fraction of sp³-hybridized carbons (Fsp3) is 0.789. The van der Waals surface area contributed by atoms with Crippen molar-refractivity contribution in [3.63, 3.8) is 0 Å². The summed E-state index contributed by atoms with van der Waals surface area (Å²) in [5, 5.41) is 3.24. The Balaban J connectivity index is 1.50. The molecule has 140 valence electrons. The number of ether oxygens (including phenoxy) is 1. The lowest BCUT2D eigenvalue weighted by Crippen LogP contribution is -2.44. The number of aromatic nitrogens is 2. The van der Waals surface area contributed by atoms with Gasteiger partial charge in [0.25, 0.3) is 0 Å². The zero-order valence-corrected chi connectivity index (χ0v) is 15.7. The molecular formula is C19H32N4O2. The summed E-state index contributed by atoms with van der Waals surface area (Å²) in [6.45, 7) is 5.33. The lowest BCUT2D eigenvalue weighted by molar-refractivity contribution is 0.185. The van der Waals surface area contributed by atoms with Crippen molar-refractivity contribution in [1.29, 1.82) is 0 Å². The number of hydrogen-bond donors (Lipinski definition) is 1. The van der Waals surface area contributed by atoms with Crippen LogP contribution in [0.15, 0.2) is 6.20 Å². The number of hydrogen-bond acceptors (Lipinski definition) is 3. The maximum absolute atomic E-state index is 12.5. The molecule has 0 radical (unpaired) electrons. The Kier molecular flexibility index (Phi) is 6.34. The molecule has 0 bridgehead atoms. The van der Waals surface area contributed by atoms with E-state index in [9.17, 15) is 4.79 Å². The van der Waals surface area contributed by atoms with E-state index >= 15 is 0 Å². The Morgan fingerprint density at radius 2 is 2.12 bits per heavy atom. The Hall–Kier alpha value is -1.56. The lowest BCUT2D eigenvalue weighted by Gasteiger charge is -2.26. The fourth-order valence-corrected chi connectivity index (χ4v) is 4.12. The Morgan fingerprint density at radius 1 is 1.32 bits per heavy atom. The predicted octanol–water partition coefficient (Wildman–Crippen LogP) is 2.74. The van der Waals surface area contributed by atoms with Crippen LogP contribution in [0.1, 0.15) is 50.0 Å². The zero-order chi connectivity index (χ0) is 17.6. The molecule has 1 saturated heterocycles. The maximum atomic E-state index is 12.5. The highest BCUT2D eigenvalue weighted by Crippen LogP contribution is 2.22. The van der Waals surface area contributed by atoms with Crippen molar-refractivity contribution >= 4 is 6.03 Å². The van der Waals surface area contributed by atoms with Gasteiger partial charge < -0.3 is 19.5 Å². The van der Waals surface area contributed by atoms with Gasteiger partial charge in [-0.15, -0.1) is 0 Å². The average Bonchev–Trinajstić information content (AvgIpc) is 3.22. The Morgan fingerprint density at radius 3 is 2.88 bits per heavy atom. The second-order valence-corrected chi connectivity index (χ2v) is 7.55. The van der Waals surface area contributed by atoms with E-state index in [0.29, 0.717) is 18.6 Å². The van der Waals surface area contributed by atoms with Crippen molar-refractivity contribution in [2.45, 2.75) is 64.5 Å². The summed E-state index contributed by atoms with van der Waals surface area (Å²) in [5.41, 5.74) is 1.18. The lowest BCUT2D eigenvalue weighted by atomic mass is 9.96. The van der Waals surface area contributed by atoms with Crippen LogP contribution in [0.3, 0.4) is 0 Å². The number of nitrogens with one attached hydrogen (secondary N) is 1. The molecule has 2 fully saturated rings. The molecule has 3 rings (SSSR count). The highest BCUT2D eigenvalue weighted by molar-refractivity contribution is 5.74. The third-order valence-corrected chi connectivity index (χ3v) is 5.63. The number of carbonyl (C=O) groups is 1. The van der Waals surface area contributed by atoms with E-state index in [4.69, 9.17) is 4.74 Å². The molecule has 1 N–H and O–H groups in total. The van der Waals surface area contributed by atoms with Crippen molar-refractivity contribution in [2.24, 2.45) is 5.92 Å². The summed E-state index contributed by atoms with van der Waals surface area (Å²) in [7, 11) is 1.73. The van der Waals surface area contributed by atoms with Gasteiger partial charge in [0.1, 0.15) is 5.82 Å². The zero-order valence-electron chi connectivity index (χ0n) is 15.7. The summed E-state index contributed by atoms with van der Waals surface area (Å²) in [6.07, 6.45) is 10.0. The number of urea groups is 1. The van der Waals surface area contributed by atoms with Crippen molar-refractivity contribution in [3.8, 4) is 0 Å². The number of aryl methyl sites for hydroxylation is 1. The van der Waals surface area contributed by atoms with Gasteiger partial charge >= 0.3 is 6.03 Å². The topological polar surface area (TPSA) is 59.4 Å². The Labute approximate surface area is 150 Å². The summed E-state index contributed by atoms with van der Waals surface area (Å²) in [5.74, 6) is 1.62. The van der Waals surface area contributed by atoms with Crippen LogP contribution in [0.25, 0.3) is 0 Å². The van der Waals surface area contributed by atoms with Crippen LogP contribution in [0, 0.1) is 12.8 Å². The number of amides is 2. The van der Waals surface area contributed by atoms with Crippen LogP contribution >= 0.6 is 0 Å². The molecule has 2 amide bonds. The molecule has 2 aliphatic rings. The summed E-state index contributed by atoms with van der Waals surface area (Å²) >= 11 is 0. The molecule has 0 spiro atoms. The minimum atomic E-state index is 0.133. The van der Waals surface area contributed by atoms with Gasteiger partial charge in [0.2, 0.25) is 0 Å². The summed E-state index contributed by atoms with van der Waals surface area (Å²) in [6, 6.07) is 0.518. The van der Waals surface area contributed by atoms with E-state index in [-0.39, 0.29) is 6.03 Å². The van der Waals surface area contributed by atoms with Gasteiger partial charge in [-0.1, -0.05) is 19.3 Å². The first-order valence-corrected chi connectivity index (χ1v) is 9.72. The first-order chi connectivity index (χ1) is 12.2. The molecule has 2 heterocycles. The first-order valence-electron chi connectivity index (χ1n) is 9.72. The number of rotatable bonds is 6. The van der Waals surface area contributed by atoms with Gasteiger partial charge in [0, 0.05) is 51.1 Å². The number of carbonyl (C=O) groups excluding carboxylic acids is 1. The van der Waals surface area contributed by atoms with Crippen molar-refractivity contribution in [1.82, 2.24) is 19.8 Å². The van der Waals surface area contributed by atoms with Crippen LogP contribution in [0.4, 0.5) is 4.79 Å². The number of methoxy groups -OCH3 is 1. The molecule has 6 heteroatoms. The van der Waals surface area contributed by atoms with Gasteiger partial charge in [0.15, 0.2) is 0 Å². The average molecular weight is 348 g/mol. The molecule has 0 aromatic carbocycles. The van der Waals surface area contributed by atoms with Gasteiger partial charge in [-0.05, 0) is 32.1 Å². The van der Waals surface area contributed by atoms with E-state index in [1.54, 1.807) is 7.11 Å². The minimum absolute atomic E-state index is 0.133. The van der Waals surface area contributed by atoms with Crippen molar-refractivity contribution in [3.05, 3.63) is 17.7 Å². The van der Waals surface area contributed by atoms with E-state index in [1.165, 1.54) is 25.0 Å². The van der Waals surface area contributed by atoms with Crippen molar-refractivity contribution < 1.29 is 9.53 Å². The molecule has 1 aliphatic carbocycles. The monoisotopic (exact) mass is 348 g/mol.